The van der Waals surface area contributed by atoms with Gasteiger partial charge in [0.15, 0.2) is 5.76 Å². The second kappa shape index (κ2) is 9.19. The van der Waals surface area contributed by atoms with Crippen molar-refractivity contribution in [1.82, 2.24) is 5.32 Å². The van der Waals surface area contributed by atoms with Gasteiger partial charge in [-0.25, -0.2) is 0 Å². The molecule has 1 unspecified atom stereocenters. The van der Waals surface area contributed by atoms with Gasteiger partial charge in [0.05, 0.1) is 6.04 Å². The van der Waals surface area contributed by atoms with Gasteiger partial charge in [-0.3, -0.25) is 4.79 Å². The first-order valence-corrected chi connectivity index (χ1v) is 10.1. The maximum atomic E-state index is 12.5. The van der Waals surface area contributed by atoms with E-state index in [9.17, 15) is 4.79 Å². The van der Waals surface area contributed by atoms with E-state index in [4.69, 9.17) is 20.8 Å². The molecule has 1 amide bonds. The molecular formula is C24H26ClNO3. The fraction of sp³-hybridized carbons (Fsp3) is 0.292. The number of hydrogen-bond donors (Lipinski definition) is 1. The maximum absolute atomic E-state index is 12.5. The Hall–Kier alpha value is -2.72. The summed E-state index contributed by atoms with van der Waals surface area (Å²) in [6.45, 7) is 8.32. The third-order valence-corrected chi connectivity index (χ3v) is 5.22. The van der Waals surface area contributed by atoms with Crippen LogP contribution in [0.25, 0.3) is 0 Å². The minimum Gasteiger partial charge on any atom is -0.485 e. The minimum atomic E-state index is -0.252. The smallest absolute Gasteiger partial charge is 0.287 e. The van der Waals surface area contributed by atoms with Crippen LogP contribution in [0.5, 0.6) is 5.75 Å². The van der Waals surface area contributed by atoms with Crippen molar-refractivity contribution in [2.24, 2.45) is 0 Å². The van der Waals surface area contributed by atoms with E-state index < -0.39 is 0 Å². The van der Waals surface area contributed by atoms with Gasteiger partial charge in [0.1, 0.15) is 18.1 Å². The number of hydrogen-bond acceptors (Lipinski definition) is 3. The van der Waals surface area contributed by atoms with Crippen LogP contribution in [-0.2, 0) is 6.61 Å². The van der Waals surface area contributed by atoms with Gasteiger partial charge in [0, 0.05) is 5.02 Å². The van der Waals surface area contributed by atoms with Crippen LogP contribution in [0, 0.1) is 6.92 Å². The number of carbonyl (C=O) groups is 1. The Labute approximate surface area is 176 Å². The monoisotopic (exact) mass is 411 g/mol. The second-order valence-corrected chi connectivity index (χ2v) is 7.86. The Bertz CT molecular complexity index is 979. The van der Waals surface area contributed by atoms with Crippen molar-refractivity contribution >= 4 is 17.5 Å². The summed E-state index contributed by atoms with van der Waals surface area (Å²) >= 11 is 6.25. The summed E-state index contributed by atoms with van der Waals surface area (Å²) in [5.41, 5.74) is 3.04. The molecule has 3 rings (SSSR count). The molecule has 0 aliphatic heterocycles. The zero-order valence-electron chi connectivity index (χ0n) is 17.2. The second-order valence-electron chi connectivity index (χ2n) is 7.45. The Morgan fingerprint density at radius 3 is 2.52 bits per heavy atom. The molecule has 2 aromatic carbocycles. The number of benzene rings is 2. The highest BCUT2D eigenvalue weighted by Crippen LogP contribution is 2.32. The quantitative estimate of drug-likeness (QED) is 0.487. The summed E-state index contributed by atoms with van der Waals surface area (Å²) < 4.78 is 11.7. The fourth-order valence-corrected chi connectivity index (χ4v) is 3.24. The molecule has 0 aliphatic carbocycles. The third-order valence-electron chi connectivity index (χ3n) is 4.82. The number of amides is 1. The van der Waals surface area contributed by atoms with E-state index in [1.54, 1.807) is 12.1 Å². The highest BCUT2D eigenvalue weighted by atomic mass is 35.5. The van der Waals surface area contributed by atoms with Crippen LogP contribution in [0.1, 0.15) is 65.7 Å². The standard InChI is InChI=1S/C24H26ClNO3/c1-15(2)20-13-21(25)16(3)12-23(20)28-14-19-10-11-22(29-19)24(27)26-17(4)18-8-6-5-7-9-18/h5-13,15,17H,14H2,1-4H3,(H,26,27). The Kier molecular flexibility index (Phi) is 6.65. The van der Waals surface area contributed by atoms with Crippen molar-refractivity contribution in [3.63, 3.8) is 0 Å². The summed E-state index contributed by atoms with van der Waals surface area (Å²) in [4.78, 5) is 12.5. The summed E-state index contributed by atoms with van der Waals surface area (Å²) in [6, 6.07) is 17.0. The molecule has 1 heterocycles. The lowest BCUT2D eigenvalue weighted by atomic mass is 10.0. The SMILES string of the molecule is Cc1cc(OCc2ccc(C(=O)NC(C)c3ccccc3)o2)c(C(C)C)cc1Cl. The molecule has 0 fully saturated rings. The van der Waals surface area contributed by atoms with E-state index in [2.05, 4.69) is 19.2 Å². The van der Waals surface area contributed by atoms with Crippen LogP contribution in [0.15, 0.2) is 59.0 Å². The van der Waals surface area contributed by atoms with Crippen molar-refractivity contribution in [3.8, 4) is 5.75 Å². The number of aryl methyl sites for hydroxylation is 1. The number of ether oxygens (including phenoxy) is 1. The molecule has 0 radical (unpaired) electrons. The van der Waals surface area contributed by atoms with Crippen LogP contribution >= 0.6 is 11.6 Å². The van der Waals surface area contributed by atoms with E-state index in [1.807, 2.05) is 56.3 Å². The normalized spacial score (nSPS) is 12.1. The van der Waals surface area contributed by atoms with Gasteiger partial charge in [0.2, 0.25) is 0 Å². The fourth-order valence-electron chi connectivity index (χ4n) is 3.07. The first-order valence-electron chi connectivity index (χ1n) is 9.72. The van der Waals surface area contributed by atoms with E-state index in [1.165, 1.54) is 0 Å². The molecule has 0 spiro atoms. The first kappa shape index (κ1) is 21.0. The highest BCUT2D eigenvalue weighted by molar-refractivity contribution is 6.31. The molecule has 0 saturated heterocycles. The van der Waals surface area contributed by atoms with Gasteiger partial charge >= 0.3 is 0 Å². The van der Waals surface area contributed by atoms with Gasteiger partial charge < -0.3 is 14.5 Å². The molecule has 1 atom stereocenters. The molecule has 0 bridgehead atoms. The average Bonchev–Trinajstić information content (AvgIpc) is 3.18. The van der Waals surface area contributed by atoms with Crippen LogP contribution in [-0.4, -0.2) is 5.91 Å². The Morgan fingerprint density at radius 2 is 1.83 bits per heavy atom. The van der Waals surface area contributed by atoms with Gasteiger partial charge in [-0.1, -0.05) is 55.8 Å². The van der Waals surface area contributed by atoms with Gasteiger partial charge in [-0.15, -0.1) is 0 Å². The molecule has 29 heavy (non-hydrogen) atoms. The summed E-state index contributed by atoms with van der Waals surface area (Å²) in [6.07, 6.45) is 0. The topological polar surface area (TPSA) is 51.5 Å². The van der Waals surface area contributed by atoms with Crippen molar-refractivity contribution in [2.45, 2.75) is 46.3 Å². The van der Waals surface area contributed by atoms with Crippen LogP contribution in [0.2, 0.25) is 5.02 Å². The first-order chi connectivity index (χ1) is 13.8. The van der Waals surface area contributed by atoms with E-state index in [0.29, 0.717) is 5.76 Å². The van der Waals surface area contributed by atoms with Crippen molar-refractivity contribution in [3.05, 3.63) is 87.8 Å². The van der Waals surface area contributed by atoms with Gasteiger partial charge in [-0.2, -0.15) is 0 Å². The summed E-state index contributed by atoms with van der Waals surface area (Å²) in [7, 11) is 0. The zero-order chi connectivity index (χ0) is 21.0. The number of nitrogens with one attached hydrogen (secondary N) is 1. The van der Waals surface area contributed by atoms with Crippen molar-refractivity contribution < 1.29 is 13.9 Å². The minimum absolute atomic E-state index is 0.112. The number of rotatable bonds is 7. The van der Waals surface area contributed by atoms with Crippen LogP contribution in [0.4, 0.5) is 0 Å². The van der Waals surface area contributed by atoms with Gasteiger partial charge in [0.25, 0.3) is 5.91 Å². The van der Waals surface area contributed by atoms with E-state index in [0.717, 1.165) is 27.5 Å². The predicted molar refractivity (Wildman–Crippen MR) is 116 cm³/mol. The molecular weight excluding hydrogens is 386 g/mol. The molecule has 0 aliphatic rings. The summed E-state index contributed by atoms with van der Waals surface area (Å²) in [5, 5.41) is 3.68. The molecule has 152 valence electrons. The Balaban J connectivity index is 1.65. The van der Waals surface area contributed by atoms with Crippen molar-refractivity contribution in [2.75, 3.05) is 0 Å². The Morgan fingerprint density at radius 1 is 1.10 bits per heavy atom. The lowest BCUT2D eigenvalue weighted by Gasteiger charge is -2.15. The number of carbonyl (C=O) groups excluding carboxylic acids is 1. The molecule has 4 nitrogen and oxygen atoms in total. The van der Waals surface area contributed by atoms with E-state index >= 15 is 0 Å². The lowest BCUT2D eigenvalue weighted by molar-refractivity contribution is 0.0907. The predicted octanol–water partition coefficient (Wildman–Crippen LogP) is 6.43. The molecule has 0 saturated carbocycles. The molecule has 1 aromatic heterocycles. The number of furan rings is 1. The molecule has 3 aromatic rings. The lowest BCUT2D eigenvalue weighted by Crippen LogP contribution is -2.26. The van der Waals surface area contributed by atoms with Crippen LogP contribution < -0.4 is 10.1 Å². The number of halogens is 1. The highest BCUT2D eigenvalue weighted by Gasteiger charge is 2.16. The zero-order valence-corrected chi connectivity index (χ0v) is 17.9. The van der Waals surface area contributed by atoms with Crippen LogP contribution in [0.3, 0.4) is 0 Å². The molecule has 1 N–H and O–H groups in total. The average molecular weight is 412 g/mol. The third kappa shape index (κ3) is 5.21. The van der Waals surface area contributed by atoms with E-state index in [-0.39, 0.29) is 30.2 Å². The maximum Gasteiger partial charge on any atom is 0.287 e. The largest absolute Gasteiger partial charge is 0.485 e. The van der Waals surface area contributed by atoms with Crippen molar-refractivity contribution in [1.29, 1.82) is 0 Å². The molecule has 5 heteroatoms. The van der Waals surface area contributed by atoms with Gasteiger partial charge in [-0.05, 0) is 60.7 Å². The summed E-state index contributed by atoms with van der Waals surface area (Å²) in [5.74, 6) is 1.66.